The van der Waals surface area contributed by atoms with Crippen LogP contribution in [0.5, 0.6) is 0 Å². The molecule has 0 saturated carbocycles. The second kappa shape index (κ2) is 5.63. The highest BCUT2D eigenvalue weighted by atomic mass is 35.5. The third kappa shape index (κ3) is 3.08. The molecule has 19 heavy (non-hydrogen) atoms. The minimum Gasteiger partial charge on any atom is -0.324 e. The van der Waals surface area contributed by atoms with Crippen molar-refractivity contribution in [2.75, 3.05) is 0 Å². The first-order valence-electron chi connectivity index (χ1n) is 5.62. The number of rotatable bonds is 3. The summed E-state index contributed by atoms with van der Waals surface area (Å²) in [4.78, 5) is 0. The summed E-state index contributed by atoms with van der Waals surface area (Å²) in [6, 6.07) is 6.96. The first kappa shape index (κ1) is 13.9. The van der Waals surface area contributed by atoms with Gasteiger partial charge in [-0.15, -0.1) is 0 Å². The van der Waals surface area contributed by atoms with Crippen molar-refractivity contribution < 1.29 is 13.2 Å². The van der Waals surface area contributed by atoms with E-state index in [2.05, 4.69) is 0 Å². The van der Waals surface area contributed by atoms with Gasteiger partial charge in [0.05, 0.1) is 0 Å². The first-order valence-corrected chi connectivity index (χ1v) is 6.00. The molecule has 0 fully saturated rings. The van der Waals surface area contributed by atoms with Gasteiger partial charge in [0.15, 0.2) is 11.6 Å². The van der Waals surface area contributed by atoms with Gasteiger partial charge in [0.2, 0.25) is 0 Å². The Balaban J connectivity index is 2.28. The van der Waals surface area contributed by atoms with Gasteiger partial charge >= 0.3 is 0 Å². The van der Waals surface area contributed by atoms with Crippen LogP contribution in [0.1, 0.15) is 17.2 Å². The molecule has 0 spiro atoms. The highest BCUT2D eigenvalue weighted by Crippen LogP contribution is 2.23. The molecule has 100 valence electrons. The van der Waals surface area contributed by atoms with E-state index in [4.69, 9.17) is 17.3 Å². The van der Waals surface area contributed by atoms with Gasteiger partial charge < -0.3 is 5.73 Å². The Hall–Kier alpha value is -1.52. The van der Waals surface area contributed by atoms with Gasteiger partial charge in [-0.3, -0.25) is 0 Å². The average molecular weight is 286 g/mol. The fourth-order valence-corrected chi connectivity index (χ4v) is 2.05. The van der Waals surface area contributed by atoms with Gasteiger partial charge in [0.1, 0.15) is 5.82 Å². The fraction of sp³-hybridized carbons (Fsp3) is 0.143. The zero-order valence-electron chi connectivity index (χ0n) is 9.84. The molecule has 0 aliphatic carbocycles. The number of benzene rings is 2. The largest absolute Gasteiger partial charge is 0.324 e. The van der Waals surface area contributed by atoms with Crippen molar-refractivity contribution in [3.63, 3.8) is 0 Å². The molecule has 5 heteroatoms. The van der Waals surface area contributed by atoms with E-state index >= 15 is 0 Å². The van der Waals surface area contributed by atoms with E-state index < -0.39 is 23.5 Å². The lowest BCUT2D eigenvalue weighted by Crippen LogP contribution is -2.16. The standard InChI is InChI=1S/C14H11ClF3N/c15-9-4-5-11(16)8(6-9)7-13(19)10-2-1-3-12(17)14(10)18/h1-6,13H,7,19H2. The van der Waals surface area contributed by atoms with Crippen molar-refractivity contribution >= 4 is 11.6 Å². The molecule has 2 rings (SSSR count). The minimum absolute atomic E-state index is 0.0133. The molecule has 1 atom stereocenters. The summed E-state index contributed by atoms with van der Waals surface area (Å²) >= 11 is 5.76. The summed E-state index contributed by atoms with van der Waals surface area (Å²) in [5.41, 5.74) is 6.08. The monoisotopic (exact) mass is 285 g/mol. The Morgan fingerprint density at radius 1 is 1.05 bits per heavy atom. The normalized spacial score (nSPS) is 12.5. The minimum atomic E-state index is -1.00. The van der Waals surface area contributed by atoms with E-state index in [0.29, 0.717) is 5.02 Å². The molecule has 0 heterocycles. The SMILES string of the molecule is NC(Cc1cc(Cl)ccc1F)c1cccc(F)c1F. The maximum Gasteiger partial charge on any atom is 0.163 e. The molecule has 0 radical (unpaired) electrons. The van der Waals surface area contributed by atoms with E-state index in [1.54, 1.807) is 0 Å². The summed E-state index contributed by atoms with van der Waals surface area (Å²) in [7, 11) is 0. The molecule has 0 aromatic heterocycles. The zero-order valence-corrected chi connectivity index (χ0v) is 10.6. The van der Waals surface area contributed by atoms with Crippen LogP contribution in [-0.4, -0.2) is 0 Å². The summed E-state index contributed by atoms with van der Waals surface area (Å²) in [5.74, 6) is -2.45. The van der Waals surface area contributed by atoms with Crippen LogP contribution in [0.15, 0.2) is 36.4 Å². The van der Waals surface area contributed by atoms with Crippen molar-refractivity contribution in [2.45, 2.75) is 12.5 Å². The van der Waals surface area contributed by atoms with Crippen LogP contribution in [0, 0.1) is 17.5 Å². The maximum absolute atomic E-state index is 13.6. The third-order valence-electron chi connectivity index (χ3n) is 2.83. The van der Waals surface area contributed by atoms with Gasteiger partial charge in [0.25, 0.3) is 0 Å². The smallest absolute Gasteiger partial charge is 0.163 e. The highest BCUT2D eigenvalue weighted by molar-refractivity contribution is 6.30. The third-order valence-corrected chi connectivity index (χ3v) is 3.06. The predicted octanol–water partition coefficient (Wildman–Crippen LogP) is 4.00. The van der Waals surface area contributed by atoms with E-state index in [1.165, 1.54) is 30.3 Å². The number of hydrogen-bond acceptors (Lipinski definition) is 1. The molecule has 2 N–H and O–H groups in total. The maximum atomic E-state index is 13.6. The summed E-state index contributed by atoms with van der Waals surface area (Å²) < 4.78 is 40.2. The van der Waals surface area contributed by atoms with E-state index in [9.17, 15) is 13.2 Å². The van der Waals surface area contributed by atoms with Crippen molar-refractivity contribution in [1.82, 2.24) is 0 Å². The number of nitrogens with two attached hydrogens (primary N) is 1. The topological polar surface area (TPSA) is 26.0 Å². The van der Waals surface area contributed by atoms with Crippen molar-refractivity contribution in [3.8, 4) is 0 Å². The van der Waals surface area contributed by atoms with Crippen LogP contribution in [-0.2, 0) is 6.42 Å². The predicted molar refractivity (Wildman–Crippen MR) is 68.4 cm³/mol. The van der Waals surface area contributed by atoms with Gasteiger partial charge in [0, 0.05) is 16.6 Å². The van der Waals surface area contributed by atoms with Crippen LogP contribution in [0.3, 0.4) is 0 Å². The average Bonchev–Trinajstić information content (AvgIpc) is 2.37. The molecule has 0 aliphatic rings. The first-order chi connectivity index (χ1) is 8.99. The van der Waals surface area contributed by atoms with Crippen LogP contribution < -0.4 is 5.73 Å². The Labute approximate surface area is 113 Å². The number of hydrogen-bond donors (Lipinski definition) is 1. The van der Waals surface area contributed by atoms with E-state index in [0.717, 1.165) is 6.07 Å². The lowest BCUT2D eigenvalue weighted by molar-refractivity contribution is 0.486. The van der Waals surface area contributed by atoms with Gasteiger partial charge in [-0.2, -0.15) is 0 Å². The number of halogens is 4. The zero-order chi connectivity index (χ0) is 14.0. The molecule has 0 bridgehead atoms. The second-order valence-electron chi connectivity index (χ2n) is 4.19. The van der Waals surface area contributed by atoms with E-state index in [-0.39, 0.29) is 17.5 Å². The Morgan fingerprint density at radius 3 is 2.53 bits per heavy atom. The van der Waals surface area contributed by atoms with Crippen molar-refractivity contribution in [3.05, 3.63) is 70.0 Å². The van der Waals surface area contributed by atoms with Crippen molar-refractivity contribution in [1.29, 1.82) is 0 Å². The van der Waals surface area contributed by atoms with Crippen LogP contribution in [0.2, 0.25) is 5.02 Å². The van der Waals surface area contributed by atoms with Gasteiger partial charge in [-0.05, 0) is 36.2 Å². The van der Waals surface area contributed by atoms with Gasteiger partial charge in [-0.1, -0.05) is 23.7 Å². The van der Waals surface area contributed by atoms with Gasteiger partial charge in [-0.25, -0.2) is 13.2 Å². The van der Waals surface area contributed by atoms with E-state index in [1.807, 2.05) is 0 Å². The molecular formula is C14H11ClF3N. The molecule has 1 nitrogen and oxygen atoms in total. The molecular weight excluding hydrogens is 275 g/mol. The molecule has 0 saturated heterocycles. The Kier molecular flexibility index (Phi) is 4.12. The summed E-state index contributed by atoms with van der Waals surface area (Å²) in [5, 5.41) is 0.364. The summed E-state index contributed by atoms with van der Waals surface area (Å²) in [6.45, 7) is 0. The fourth-order valence-electron chi connectivity index (χ4n) is 1.85. The molecule has 0 aliphatic heterocycles. The highest BCUT2D eigenvalue weighted by Gasteiger charge is 2.16. The van der Waals surface area contributed by atoms with Crippen LogP contribution in [0.4, 0.5) is 13.2 Å². The molecule has 2 aromatic rings. The van der Waals surface area contributed by atoms with Crippen molar-refractivity contribution in [2.24, 2.45) is 5.73 Å². The molecule has 2 aromatic carbocycles. The van der Waals surface area contributed by atoms with Crippen LogP contribution >= 0.6 is 11.6 Å². The summed E-state index contributed by atoms with van der Waals surface area (Å²) in [6.07, 6.45) is 0.0345. The molecule has 1 unspecified atom stereocenters. The Morgan fingerprint density at radius 2 is 1.79 bits per heavy atom. The lowest BCUT2D eigenvalue weighted by Gasteiger charge is -2.14. The molecule has 0 amide bonds. The lowest BCUT2D eigenvalue weighted by atomic mass is 9.99. The van der Waals surface area contributed by atoms with Crippen LogP contribution in [0.25, 0.3) is 0 Å². The Bertz CT molecular complexity index is 601. The quantitative estimate of drug-likeness (QED) is 0.906. The second-order valence-corrected chi connectivity index (χ2v) is 4.63.